The third-order valence-corrected chi connectivity index (χ3v) is 9.23. The number of hydrogen-bond donors (Lipinski definition) is 2. The van der Waals surface area contributed by atoms with E-state index in [2.05, 4.69) is 10.0 Å². The first-order chi connectivity index (χ1) is 19.4. The van der Waals surface area contributed by atoms with E-state index in [9.17, 15) is 26.0 Å². The Morgan fingerprint density at radius 1 is 0.805 bits per heavy atom. The van der Waals surface area contributed by atoms with Crippen LogP contribution in [-0.4, -0.2) is 36.4 Å². The average molecular weight is 639 g/mol. The number of carbonyl (C=O) groups is 1. The van der Waals surface area contributed by atoms with Crippen LogP contribution in [-0.2, 0) is 24.8 Å². The van der Waals surface area contributed by atoms with Gasteiger partial charge in [-0.25, -0.2) is 21.2 Å². The molecule has 4 rings (SSSR count). The minimum atomic E-state index is -4.25. The zero-order chi connectivity index (χ0) is 29.8. The molecular weight excluding hydrogens is 616 g/mol. The summed E-state index contributed by atoms with van der Waals surface area (Å²) in [5.41, 5.74) is 0.436. The molecule has 0 aliphatic carbocycles. The molecule has 0 fully saturated rings. The summed E-state index contributed by atoms with van der Waals surface area (Å²) in [7, 11) is -6.83. The number of anilines is 3. The molecule has 4 aromatic carbocycles. The Bertz CT molecular complexity index is 1750. The predicted molar refractivity (Wildman–Crippen MR) is 156 cm³/mol. The maximum absolute atomic E-state index is 13.6. The number of halogens is 3. The summed E-state index contributed by atoms with van der Waals surface area (Å²) in [5, 5.41) is 3.04. The third kappa shape index (κ3) is 7.47. The van der Waals surface area contributed by atoms with Gasteiger partial charge in [-0.2, -0.15) is 0 Å². The number of nitrogens with zero attached hydrogens (tertiary/aromatic N) is 1. The zero-order valence-corrected chi connectivity index (χ0v) is 24.4. The van der Waals surface area contributed by atoms with Gasteiger partial charge in [0, 0.05) is 15.7 Å². The number of ether oxygens (including phenoxy) is 1. The highest BCUT2D eigenvalue weighted by Crippen LogP contribution is 2.27. The van der Waals surface area contributed by atoms with Crippen molar-refractivity contribution in [3.05, 3.63) is 107 Å². The molecule has 0 bridgehead atoms. The Morgan fingerprint density at radius 3 is 1.93 bits per heavy atom. The molecule has 0 heterocycles. The first-order valence-corrected chi connectivity index (χ1v) is 15.4. The van der Waals surface area contributed by atoms with E-state index < -0.39 is 38.3 Å². The topological polar surface area (TPSA) is 122 Å². The van der Waals surface area contributed by atoms with E-state index in [1.807, 2.05) is 0 Å². The zero-order valence-electron chi connectivity index (χ0n) is 21.2. The maximum Gasteiger partial charge on any atom is 0.264 e. The van der Waals surface area contributed by atoms with Crippen LogP contribution < -0.4 is 19.1 Å². The van der Waals surface area contributed by atoms with Gasteiger partial charge in [-0.15, -0.1) is 0 Å². The fourth-order valence-electron chi connectivity index (χ4n) is 3.67. The van der Waals surface area contributed by atoms with Crippen molar-refractivity contribution in [3.63, 3.8) is 0 Å². The van der Waals surface area contributed by atoms with Crippen LogP contribution in [0.4, 0.5) is 21.5 Å². The molecule has 214 valence electrons. The molecule has 0 aromatic heterocycles. The molecule has 14 heteroatoms. The van der Waals surface area contributed by atoms with Gasteiger partial charge in [0.15, 0.2) is 0 Å². The molecule has 9 nitrogen and oxygen atoms in total. The van der Waals surface area contributed by atoms with Crippen LogP contribution in [0.2, 0.25) is 10.0 Å². The number of benzene rings is 4. The molecule has 0 radical (unpaired) electrons. The molecule has 0 atom stereocenters. The van der Waals surface area contributed by atoms with Crippen molar-refractivity contribution < 1.29 is 30.8 Å². The number of amides is 1. The minimum absolute atomic E-state index is 0.0611. The SMILES string of the molecule is COc1ccc(S(=O)(=O)N(CC(=O)Nc2ccc(S(=O)(=O)Nc3cc(Cl)cc(Cl)c3)cc2)c2ccc(F)cc2)cc1. The van der Waals surface area contributed by atoms with Gasteiger partial charge in [-0.05, 0) is 91.0 Å². The highest BCUT2D eigenvalue weighted by atomic mass is 35.5. The summed E-state index contributed by atoms with van der Waals surface area (Å²) in [6.07, 6.45) is 0. The van der Waals surface area contributed by atoms with Crippen LogP contribution in [0.3, 0.4) is 0 Å². The van der Waals surface area contributed by atoms with E-state index in [1.54, 1.807) is 0 Å². The van der Waals surface area contributed by atoms with Crippen molar-refractivity contribution in [1.82, 2.24) is 0 Å². The van der Waals surface area contributed by atoms with Gasteiger partial charge in [0.25, 0.3) is 20.0 Å². The number of sulfonamides is 2. The highest BCUT2D eigenvalue weighted by Gasteiger charge is 2.27. The lowest BCUT2D eigenvalue weighted by molar-refractivity contribution is -0.114. The molecule has 0 saturated heterocycles. The van der Waals surface area contributed by atoms with Gasteiger partial charge >= 0.3 is 0 Å². The number of hydrogen-bond acceptors (Lipinski definition) is 6. The van der Waals surface area contributed by atoms with Crippen LogP contribution in [0, 0.1) is 5.82 Å². The smallest absolute Gasteiger partial charge is 0.264 e. The van der Waals surface area contributed by atoms with Gasteiger partial charge in [-0.3, -0.25) is 13.8 Å². The molecule has 0 aliphatic heterocycles. The number of methoxy groups -OCH3 is 1. The number of nitrogens with one attached hydrogen (secondary N) is 2. The van der Waals surface area contributed by atoms with Crippen LogP contribution in [0.15, 0.2) is 101 Å². The van der Waals surface area contributed by atoms with Crippen molar-refractivity contribution in [2.45, 2.75) is 9.79 Å². The summed E-state index contributed by atoms with van der Waals surface area (Å²) in [4.78, 5) is 12.7. The van der Waals surface area contributed by atoms with Crippen molar-refractivity contribution in [2.75, 3.05) is 28.0 Å². The van der Waals surface area contributed by atoms with Gasteiger partial charge < -0.3 is 10.1 Å². The molecule has 41 heavy (non-hydrogen) atoms. The normalized spacial score (nSPS) is 11.5. The third-order valence-electron chi connectivity index (χ3n) is 5.61. The van der Waals surface area contributed by atoms with Crippen LogP contribution in [0.1, 0.15) is 0 Å². The first kappa shape index (κ1) is 30.1. The lowest BCUT2D eigenvalue weighted by atomic mass is 10.3. The Labute approximate surface area is 246 Å². The molecule has 2 N–H and O–H groups in total. The van der Waals surface area contributed by atoms with E-state index >= 15 is 0 Å². The van der Waals surface area contributed by atoms with Gasteiger partial charge in [0.05, 0.1) is 28.3 Å². The Kier molecular flexibility index (Phi) is 9.08. The summed E-state index contributed by atoms with van der Waals surface area (Å²) in [6.45, 7) is -0.656. The fraction of sp³-hybridized carbons (Fsp3) is 0.0741. The molecule has 0 unspecified atom stereocenters. The summed E-state index contributed by atoms with van der Waals surface area (Å²) < 4.78 is 74.3. The van der Waals surface area contributed by atoms with Crippen LogP contribution in [0.5, 0.6) is 5.75 Å². The second-order valence-corrected chi connectivity index (χ2v) is 12.9. The number of rotatable bonds is 10. The molecule has 0 saturated carbocycles. The lowest BCUT2D eigenvalue weighted by Crippen LogP contribution is -2.38. The molecule has 0 aliphatic rings. The van der Waals surface area contributed by atoms with Crippen molar-refractivity contribution in [1.29, 1.82) is 0 Å². The second kappa shape index (κ2) is 12.4. The largest absolute Gasteiger partial charge is 0.497 e. The van der Waals surface area contributed by atoms with E-state index in [4.69, 9.17) is 27.9 Å². The second-order valence-electron chi connectivity index (χ2n) is 8.50. The van der Waals surface area contributed by atoms with Crippen LogP contribution >= 0.6 is 23.2 Å². The average Bonchev–Trinajstić information content (AvgIpc) is 2.92. The minimum Gasteiger partial charge on any atom is -0.497 e. The Balaban J connectivity index is 1.53. The van der Waals surface area contributed by atoms with Crippen molar-refractivity contribution in [3.8, 4) is 5.75 Å². The number of carbonyl (C=O) groups excluding carboxylic acids is 1. The fourth-order valence-corrected chi connectivity index (χ4v) is 6.66. The maximum atomic E-state index is 13.6. The van der Waals surface area contributed by atoms with E-state index in [0.29, 0.717) is 5.75 Å². The highest BCUT2D eigenvalue weighted by molar-refractivity contribution is 7.93. The standard InChI is InChI=1S/C27H22Cl2FN3O6S2/c1-39-24-8-12-26(13-9-24)41(37,38)33(23-6-2-20(30)3-7-23)17-27(34)31-21-4-10-25(11-5-21)40(35,36)32-22-15-18(28)14-19(29)16-22/h2-16,32H,17H2,1H3,(H,31,34). The first-order valence-electron chi connectivity index (χ1n) is 11.7. The molecule has 1 amide bonds. The molecule has 0 spiro atoms. The van der Waals surface area contributed by atoms with Crippen LogP contribution in [0.25, 0.3) is 0 Å². The monoisotopic (exact) mass is 637 g/mol. The summed E-state index contributed by atoms with van der Waals surface area (Å²) >= 11 is 11.9. The van der Waals surface area contributed by atoms with Crippen molar-refractivity contribution >= 4 is 66.2 Å². The van der Waals surface area contributed by atoms with Crippen molar-refractivity contribution in [2.24, 2.45) is 0 Å². The van der Waals surface area contributed by atoms with Gasteiger partial charge in [-0.1, -0.05) is 23.2 Å². The van der Waals surface area contributed by atoms with E-state index in [0.717, 1.165) is 16.4 Å². The quantitative estimate of drug-likeness (QED) is 0.227. The predicted octanol–water partition coefficient (Wildman–Crippen LogP) is 5.78. The van der Waals surface area contributed by atoms with E-state index in [1.165, 1.54) is 86.0 Å². The molecule has 4 aromatic rings. The van der Waals surface area contributed by atoms with E-state index in [-0.39, 0.29) is 36.9 Å². The summed E-state index contributed by atoms with van der Waals surface area (Å²) in [5.74, 6) is -0.872. The van der Waals surface area contributed by atoms with Gasteiger partial charge in [0.1, 0.15) is 18.1 Å². The summed E-state index contributed by atoms with van der Waals surface area (Å²) in [6, 6.07) is 19.7. The van der Waals surface area contributed by atoms with Gasteiger partial charge in [0.2, 0.25) is 5.91 Å². The lowest BCUT2D eigenvalue weighted by Gasteiger charge is -2.24. The Morgan fingerprint density at radius 2 is 1.37 bits per heavy atom. The Hall–Kier alpha value is -3.84. The molecular formula is C27H22Cl2FN3O6S2.